The zero-order chi connectivity index (χ0) is 21.5. The number of nitrogens with one attached hydrogen (secondary N) is 3. The first-order valence-electron chi connectivity index (χ1n) is 9.41. The Labute approximate surface area is 174 Å². The van der Waals surface area contributed by atoms with Gasteiger partial charge in [-0.15, -0.1) is 5.10 Å². The minimum atomic E-state index is -0.931. The number of β-amino-alcohol motifs (C(OH)–C–C–N with tert-alkyl or cyclic N) is 1. The van der Waals surface area contributed by atoms with Crippen LogP contribution < -0.4 is 10.6 Å². The molecule has 154 valence electrons. The molecule has 5 rings (SSSR count). The molecule has 0 radical (unpaired) electrons. The molecule has 3 heterocycles. The maximum Gasteiger partial charge on any atom is 0.316 e. The molecule has 0 bridgehead atoms. The van der Waals surface area contributed by atoms with E-state index < -0.39 is 18.0 Å². The van der Waals surface area contributed by atoms with E-state index in [9.17, 15) is 14.3 Å². The van der Waals surface area contributed by atoms with Crippen molar-refractivity contribution in [3.63, 3.8) is 0 Å². The lowest BCUT2D eigenvalue weighted by atomic mass is 10.0. The Balaban J connectivity index is 1.60. The molecule has 0 unspecified atom stereocenters. The molecule has 2 atom stereocenters. The highest BCUT2D eigenvalue weighted by Crippen LogP contribution is 2.38. The largest absolute Gasteiger partial charge is 0.403 e. The first-order valence-corrected chi connectivity index (χ1v) is 9.41. The lowest BCUT2D eigenvalue weighted by Gasteiger charge is -2.10. The average Bonchev–Trinajstić information content (AvgIpc) is 3.47. The zero-order valence-electron chi connectivity index (χ0n) is 15.9. The van der Waals surface area contributed by atoms with E-state index in [1.807, 2.05) is 0 Å². The van der Waals surface area contributed by atoms with Crippen molar-refractivity contribution in [1.29, 1.82) is 5.26 Å². The van der Waals surface area contributed by atoms with Gasteiger partial charge in [0.2, 0.25) is 5.91 Å². The lowest BCUT2D eigenvalue weighted by Crippen LogP contribution is -2.36. The second-order valence-corrected chi connectivity index (χ2v) is 7.10. The first kappa shape index (κ1) is 18.8. The fraction of sp³-hybridized carbons (Fsp3) is 0.143. The molecule has 2 aromatic carbocycles. The molecule has 1 aliphatic heterocycles. The molecule has 10 heteroatoms. The number of aliphatic hydroxyl groups excluding tert-OH is 1. The van der Waals surface area contributed by atoms with Crippen molar-refractivity contribution in [3.8, 4) is 28.8 Å². The molecular formula is C21H15FN6O3. The number of carbonyl (C=O) groups is 1. The third kappa shape index (κ3) is 3.27. The van der Waals surface area contributed by atoms with Crippen LogP contribution in [-0.4, -0.2) is 44.9 Å². The molecule has 2 aromatic heterocycles. The molecule has 0 spiro atoms. The lowest BCUT2D eigenvalue weighted by molar-refractivity contribution is -0.120. The van der Waals surface area contributed by atoms with Crippen LogP contribution in [0.2, 0.25) is 0 Å². The summed E-state index contributed by atoms with van der Waals surface area (Å²) in [5.41, 5.74) is 3.00. The fourth-order valence-corrected chi connectivity index (χ4v) is 3.60. The number of aliphatic hydroxyl groups is 1. The van der Waals surface area contributed by atoms with Crippen LogP contribution in [0.15, 0.2) is 46.9 Å². The van der Waals surface area contributed by atoms with Gasteiger partial charge in [-0.25, -0.2) is 4.39 Å². The van der Waals surface area contributed by atoms with Crippen LogP contribution in [0.3, 0.4) is 0 Å². The molecule has 0 aliphatic carbocycles. The predicted molar refractivity (Wildman–Crippen MR) is 108 cm³/mol. The number of hydrogen-bond acceptors (Lipinski definition) is 7. The summed E-state index contributed by atoms with van der Waals surface area (Å²) in [5.74, 6) is -0.700. The van der Waals surface area contributed by atoms with Crippen LogP contribution in [0, 0.1) is 17.1 Å². The van der Waals surface area contributed by atoms with Crippen molar-refractivity contribution >= 4 is 22.8 Å². The number of aromatic nitrogens is 3. The summed E-state index contributed by atoms with van der Waals surface area (Å²) in [7, 11) is 0. The molecular weight excluding hydrogens is 403 g/mol. The minimum absolute atomic E-state index is 0.0485. The van der Waals surface area contributed by atoms with Crippen molar-refractivity contribution in [3.05, 3.63) is 53.8 Å². The number of halogens is 1. The average molecular weight is 418 g/mol. The van der Waals surface area contributed by atoms with Gasteiger partial charge in [0.25, 0.3) is 5.89 Å². The van der Waals surface area contributed by atoms with E-state index >= 15 is 0 Å². The molecule has 31 heavy (non-hydrogen) atoms. The second kappa shape index (κ2) is 7.23. The van der Waals surface area contributed by atoms with E-state index in [1.165, 1.54) is 12.1 Å². The second-order valence-electron chi connectivity index (χ2n) is 7.10. The topological polar surface area (TPSA) is 140 Å². The number of nitrogens with zero attached hydrogens (tertiary/aromatic N) is 3. The fourth-order valence-electron chi connectivity index (χ4n) is 3.60. The Bertz CT molecular complexity index is 1340. The summed E-state index contributed by atoms with van der Waals surface area (Å²) < 4.78 is 19.7. The molecule has 1 aliphatic rings. The number of benzene rings is 2. The molecule has 4 aromatic rings. The maximum absolute atomic E-state index is 14.0. The number of carbonyl (C=O) groups excluding carboxylic acids is 1. The van der Waals surface area contributed by atoms with Crippen LogP contribution >= 0.6 is 0 Å². The number of aromatic amines is 1. The zero-order valence-corrected chi connectivity index (χ0v) is 15.9. The van der Waals surface area contributed by atoms with E-state index in [1.54, 1.807) is 30.3 Å². The van der Waals surface area contributed by atoms with Crippen molar-refractivity contribution in [2.24, 2.45) is 0 Å². The highest BCUT2D eigenvalue weighted by atomic mass is 19.1. The number of H-pyrrole nitrogens is 1. The third-order valence-corrected chi connectivity index (χ3v) is 5.13. The summed E-state index contributed by atoms with van der Waals surface area (Å²) in [6.07, 6.45) is -0.931. The van der Waals surface area contributed by atoms with Crippen molar-refractivity contribution < 1.29 is 18.7 Å². The Hall–Kier alpha value is -4.23. The van der Waals surface area contributed by atoms with E-state index in [0.717, 1.165) is 5.56 Å². The number of nitriles is 1. The highest BCUT2D eigenvalue weighted by molar-refractivity contribution is 6.02. The van der Waals surface area contributed by atoms with E-state index in [4.69, 9.17) is 9.68 Å². The number of hydrogen-bond donors (Lipinski definition) is 4. The molecule has 4 N–H and O–H groups in total. The molecule has 0 saturated carbocycles. The Morgan fingerprint density at radius 2 is 2.03 bits per heavy atom. The van der Waals surface area contributed by atoms with E-state index in [2.05, 4.69) is 31.9 Å². The van der Waals surface area contributed by atoms with Gasteiger partial charge in [0.15, 0.2) is 0 Å². The number of rotatable bonds is 4. The summed E-state index contributed by atoms with van der Waals surface area (Å²) in [4.78, 5) is 15.1. The van der Waals surface area contributed by atoms with E-state index in [0.29, 0.717) is 27.7 Å². The van der Waals surface area contributed by atoms with Gasteiger partial charge in [0.05, 0.1) is 22.9 Å². The van der Waals surface area contributed by atoms with Gasteiger partial charge in [-0.05, 0) is 35.9 Å². The first-order chi connectivity index (χ1) is 15.0. The summed E-state index contributed by atoms with van der Waals surface area (Å²) in [6.45, 7) is 0.127. The maximum atomic E-state index is 14.0. The van der Waals surface area contributed by atoms with Crippen LogP contribution in [0.25, 0.3) is 33.6 Å². The smallest absolute Gasteiger partial charge is 0.316 e. The quantitative estimate of drug-likeness (QED) is 0.398. The monoisotopic (exact) mass is 418 g/mol. The molecule has 1 fully saturated rings. The van der Waals surface area contributed by atoms with Crippen LogP contribution in [0.1, 0.15) is 5.56 Å². The standard InChI is InChI=1S/C21H15FN6O3/c22-12-5-6-14-13(7-12)16(17(25-14)11-3-1-10(8-23)2-4-11)20-27-28-21(31-20)26-18-15(29)9-24-19(18)30/h1-7,15,18,25,29H,9H2,(H,24,30)(H,26,28)/t15-,18+/m1/s1. The van der Waals surface area contributed by atoms with Gasteiger partial charge in [-0.1, -0.05) is 17.2 Å². The van der Waals surface area contributed by atoms with Crippen molar-refractivity contribution in [1.82, 2.24) is 20.5 Å². The molecule has 1 amide bonds. The molecule has 1 saturated heterocycles. The summed E-state index contributed by atoms with van der Waals surface area (Å²) >= 11 is 0. The van der Waals surface area contributed by atoms with Crippen molar-refractivity contribution in [2.45, 2.75) is 12.1 Å². The van der Waals surface area contributed by atoms with Gasteiger partial charge in [0, 0.05) is 17.4 Å². The Morgan fingerprint density at radius 1 is 1.23 bits per heavy atom. The van der Waals surface area contributed by atoms with Gasteiger partial charge in [-0.2, -0.15) is 5.26 Å². The SMILES string of the molecule is N#Cc1ccc(-c2[nH]c3ccc(F)cc3c2-c2nnc(N[C@@H]3C(=O)NC[C@H]3O)o2)cc1. The van der Waals surface area contributed by atoms with Gasteiger partial charge < -0.3 is 25.1 Å². The Morgan fingerprint density at radius 3 is 2.74 bits per heavy atom. The normalized spacial score (nSPS) is 18.2. The summed E-state index contributed by atoms with van der Waals surface area (Å²) in [6, 6.07) is 12.3. The highest BCUT2D eigenvalue weighted by Gasteiger charge is 2.34. The van der Waals surface area contributed by atoms with Gasteiger partial charge in [0.1, 0.15) is 18.0 Å². The van der Waals surface area contributed by atoms with Crippen LogP contribution in [0.5, 0.6) is 0 Å². The van der Waals surface area contributed by atoms with Gasteiger partial charge >= 0.3 is 6.01 Å². The summed E-state index contributed by atoms with van der Waals surface area (Å²) in [5, 5.41) is 32.8. The number of fused-ring (bicyclic) bond motifs is 1. The van der Waals surface area contributed by atoms with Gasteiger partial charge in [-0.3, -0.25) is 4.79 Å². The molecule has 9 nitrogen and oxygen atoms in total. The minimum Gasteiger partial charge on any atom is -0.403 e. The van der Waals surface area contributed by atoms with Crippen LogP contribution in [0.4, 0.5) is 10.4 Å². The Kier molecular flexibility index (Phi) is 4.38. The van der Waals surface area contributed by atoms with Crippen molar-refractivity contribution in [2.75, 3.05) is 11.9 Å². The third-order valence-electron chi connectivity index (χ3n) is 5.13. The van der Waals surface area contributed by atoms with Crippen LogP contribution in [-0.2, 0) is 4.79 Å². The van der Waals surface area contributed by atoms with E-state index in [-0.39, 0.29) is 24.4 Å². The number of amides is 1. The number of anilines is 1. The predicted octanol–water partition coefficient (Wildman–Crippen LogP) is 2.17.